The van der Waals surface area contributed by atoms with E-state index in [0.29, 0.717) is 28.3 Å². The molecule has 63 heavy (non-hydrogen) atoms. The molecule has 0 radical (unpaired) electrons. The Labute approximate surface area is 380 Å². The summed E-state index contributed by atoms with van der Waals surface area (Å²) in [5, 5.41) is 1.50. The van der Waals surface area contributed by atoms with Crippen LogP contribution in [0.1, 0.15) is 77.5 Å². The first-order valence-electron chi connectivity index (χ1n) is 25.5. The van der Waals surface area contributed by atoms with Crippen molar-refractivity contribution in [3.63, 3.8) is 0 Å². The van der Waals surface area contributed by atoms with Gasteiger partial charge < -0.3 is 0 Å². The highest BCUT2D eigenvalue weighted by Crippen LogP contribution is 2.47. The number of hydrogen-bond donors (Lipinski definition) is 0. The van der Waals surface area contributed by atoms with E-state index in [9.17, 15) is 0 Å². The monoisotopic (exact) mass is 837 g/mol. The van der Waals surface area contributed by atoms with Crippen LogP contribution in [0.4, 0.5) is 31.5 Å². The third-order valence-corrected chi connectivity index (χ3v) is 11.5. The Morgan fingerprint density at radius 2 is 1.21 bits per heavy atom. The Morgan fingerprint density at radius 1 is 0.571 bits per heavy atom. The molecular formula is C56H47F2N5+2. The van der Waals surface area contributed by atoms with Crippen LogP contribution in [0.3, 0.4) is 0 Å². The average Bonchev–Trinajstić information content (AvgIpc) is 3.92. The fraction of sp³-hybridized carbons (Fsp3) is 0.161. The Kier molecular flexibility index (Phi) is 7.07. The fourth-order valence-corrected chi connectivity index (χ4v) is 8.21. The molecule has 0 amide bonds. The van der Waals surface area contributed by atoms with Crippen LogP contribution in [0.2, 0.25) is 0 Å². The van der Waals surface area contributed by atoms with Crippen molar-refractivity contribution in [2.75, 3.05) is 0 Å². The van der Waals surface area contributed by atoms with Gasteiger partial charge in [0.15, 0.2) is 0 Å². The Balaban J connectivity index is 1.25. The second-order valence-corrected chi connectivity index (χ2v) is 17.7. The van der Waals surface area contributed by atoms with Gasteiger partial charge in [-0.2, -0.15) is 8.78 Å². The van der Waals surface area contributed by atoms with Gasteiger partial charge >= 0.3 is 6.01 Å². The molecule has 1 aliphatic rings. The summed E-state index contributed by atoms with van der Waals surface area (Å²) in [6.07, 6.45) is 5.11. The minimum atomic E-state index is -3.59. The number of pyridine rings is 2. The van der Waals surface area contributed by atoms with Gasteiger partial charge in [-0.3, -0.25) is 9.55 Å². The lowest BCUT2D eigenvalue weighted by atomic mass is 9.84. The molecule has 0 atom stereocenters. The van der Waals surface area contributed by atoms with Crippen molar-refractivity contribution in [1.82, 2.24) is 23.7 Å². The van der Waals surface area contributed by atoms with E-state index >= 15 is 8.78 Å². The molecule has 5 nitrogen and oxygen atoms in total. The SMILES string of the molecule is [2H]c1c([2H])c([2H])c(-c2cccc(-c3c([2H])c([2H])c([2H])c([2H])c3[2H])c2[N+]2=C=[N+](c3cc(C(C)(C)C)cc(C(F)(F)c4ccc5c6cnccc6n(-c6cc(C(C)(C)C)ccn6)c5c4)c3)c3ccccc32)c([2H])c1[2H]. The van der Waals surface area contributed by atoms with Crippen molar-refractivity contribution in [3.05, 3.63) is 198 Å². The highest BCUT2D eigenvalue weighted by molar-refractivity contribution is 6.09. The van der Waals surface area contributed by atoms with Crippen LogP contribution in [0, 0.1) is 0 Å². The van der Waals surface area contributed by atoms with E-state index in [1.807, 2.05) is 43.5 Å². The zero-order chi connectivity index (χ0) is 52.4. The summed E-state index contributed by atoms with van der Waals surface area (Å²) in [5.74, 6) is -3.02. The van der Waals surface area contributed by atoms with Gasteiger partial charge in [-0.25, -0.2) is 4.98 Å². The van der Waals surface area contributed by atoms with Gasteiger partial charge in [-0.1, -0.05) is 132 Å². The number of halogens is 2. The molecule has 0 fully saturated rings. The van der Waals surface area contributed by atoms with Gasteiger partial charge in [0, 0.05) is 64.8 Å². The van der Waals surface area contributed by atoms with E-state index in [1.165, 1.54) is 47.0 Å². The van der Waals surface area contributed by atoms with Gasteiger partial charge in [-0.05, 0) is 84.7 Å². The summed E-state index contributed by atoms with van der Waals surface area (Å²) in [6.45, 7) is 12.1. The molecule has 9 aromatic rings. The van der Waals surface area contributed by atoms with Crippen molar-refractivity contribution in [2.45, 2.75) is 58.3 Å². The molecule has 7 heteroatoms. The quantitative estimate of drug-likeness (QED) is 0.150. The van der Waals surface area contributed by atoms with Crippen LogP contribution < -0.4 is 9.15 Å². The number of rotatable bonds is 7. The van der Waals surface area contributed by atoms with Crippen molar-refractivity contribution in [1.29, 1.82) is 0 Å². The van der Waals surface area contributed by atoms with E-state index in [-0.39, 0.29) is 50.2 Å². The van der Waals surface area contributed by atoms with Crippen LogP contribution in [0.15, 0.2) is 176 Å². The summed E-state index contributed by atoms with van der Waals surface area (Å²) >= 11 is 0. The zero-order valence-corrected chi connectivity index (χ0v) is 35.5. The van der Waals surface area contributed by atoms with E-state index in [4.69, 9.17) is 18.7 Å². The van der Waals surface area contributed by atoms with Crippen molar-refractivity contribution in [3.8, 4) is 28.1 Å². The minimum Gasteiger partial charge on any atom is -0.294 e. The summed E-state index contributed by atoms with van der Waals surface area (Å²) in [4.78, 5) is 9.09. The molecule has 4 heterocycles. The summed E-state index contributed by atoms with van der Waals surface area (Å²) in [6, 6.07) is 24.2. The smallest absolute Gasteiger partial charge is 0.294 e. The third-order valence-electron chi connectivity index (χ3n) is 11.5. The van der Waals surface area contributed by atoms with Crippen molar-refractivity contribution < 1.29 is 22.5 Å². The summed E-state index contributed by atoms with van der Waals surface area (Å²) in [5.41, 5.74) is 2.31. The molecule has 0 aliphatic carbocycles. The number of alkyl halides is 2. The average molecular weight is 838 g/mol. The van der Waals surface area contributed by atoms with Crippen molar-refractivity contribution in [2.24, 2.45) is 0 Å². The maximum Gasteiger partial charge on any atom is 0.503 e. The van der Waals surface area contributed by atoms with E-state index in [0.717, 1.165) is 21.9 Å². The van der Waals surface area contributed by atoms with Gasteiger partial charge in [-0.15, -0.1) is 0 Å². The Morgan fingerprint density at radius 3 is 1.86 bits per heavy atom. The predicted molar refractivity (Wildman–Crippen MR) is 255 cm³/mol. The molecule has 0 bridgehead atoms. The molecule has 0 spiro atoms. The molecule has 3 aromatic heterocycles. The summed E-state index contributed by atoms with van der Waals surface area (Å²) in [7, 11) is 0. The predicted octanol–water partition coefficient (Wildman–Crippen LogP) is 14.5. The van der Waals surface area contributed by atoms with Crippen LogP contribution in [-0.4, -0.2) is 20.5 Å². The van der Waals surface area contributed by atoms with Crippen LogP contribution >= 0.6 is 0 Å². The lowest BCUT2D eigenvalue weighted by molar-refractivity contribution is 0.0428. The first kappa shape index (κ1) is 29.8. The largest absolute Gasteiger partial charge is 0.503 e. The second kappa shape index (κ2) is 14.9. The molecular weight excluding hydrogens is 781 g/mol. The number of fused-ring (bicyclic) bond motifs is 4. The number of nitrogens with zero attached hydrogens (tertiary/aromatic N) is 5. The first-order valence-corrected chi connectivity index (χ1v) is 20.5. The van der Waals surface area contributed by atoms with Gasteiger partial charge in [0.1, 0.15) is 5.82 Å². The molecule has 0 saturated carbocycles. The molecule has 308 valence electrons. The molecule has 6 aromatic carbocycles. The Bertz CT molecular complexity index is 3780. The van der Waals surface area contributed by atoms with Gasteiger partial charge in [0.05, 0.1) is 35.9 Å². The maximum atomic E-state index is 17.9. The minimum absolute atomic E-state index is 0.0602. The zero-order valence-electron chi connectivity index (χ0n) is 45.5. The van der Waals surface area contributed by atoms with Crippen LogP contribution in [-0.2, 0) is 16.8 Å². The van der Waals surface area contributed by atoms with Gasteiger partial charge in [0.25, 0.3) is 17.3 Å². The number of hydrogen-bond acceptors (Lipinski definition) is 2. The normalized spacial score (nSPS) is 15.2. The fourth-order valence-electron chi connectivity index (χ4n) is 8.21. The van der Waals surface area contributed by atoms with Crippen LogP contribution in [0.25, 0.3) is 49.9 Å². The van der Waals surface area contributed by atoms with E-state index in [1.54, 1.807) is 59.6 Å². The molecule has 0 saturated heterocycles. The van der Waals surface area contributed by atoms with Crippen molar-refractivity contribution >= 4 is 50.6 Å². The molecule has 10 rings (SSSR count). The highest BCUT2D eigenvalue weighted by atomic mass is 19.3. The topological polar surface area (TPSA) is 36.7 Å². The number of aromatic nitrogens is 3. The van der Waals surface area contributed by atoms with E-state index < -0.39 is 71.8 Å². The van der Waals surface area contributed by atoms with E-state index in [2.05, 4.69) is 31.8 Å². The first-order chi connectivity index (χ1) is 34.4. The van der Waals surface area contributed by atoms with Gasteiger partial charge in [0.2, 0.25) is 11.4 Å². The lowest BCUT2D eigenvalue weighted by Crippen LogP contribution is -2.19. The molecule has 1 aliphatic heterocycles. The standard InChI is InChI=1S/C56H47F2N5/c1-54(2,3)39-26-29-60-52(34-39)63-48-27-28-59-35-47(48)46-25-24-40(33-51(46)63)56(57,58)42-30-41(55(4,5)6)31-43(32-42)61-36-62(50-23-14-13-22-49(50)61)53-44(37-16-9-7-10-17-37)20-15-21-45(53)38-18-11-8-12-19-38/h7-35H,1-6H3/q+2/i7D,8D,9D,10D,11D,12D,16D,17D,18D,19D. The highest BCUT2D eigenvalue weighted by Gasteiger charge is 2.42. The van der Waals surface area contributed by atoms with Crippen LogP contribution in [0.5, 0.6) is 0 Å². The molecule has 0 unspecified atom stereocenters. The Hall–Kier alpha value is -7.34. The third kappa shape index (κ3) is 6.95. The number of benzene rings is 6. The maximum absolute atomic E-state index is 17.9. The second-order valence-electron chi connectivity index (χ2n) is 17.7. The lowest BCUT2D eigenvalue weighted by Gasteiger charge is -2.23. The number of para-hydroxylation sites is 3. The molecule has 0 N–H and O–H groups in total. The summed E-state index contributed by atoms with van der Waals surface area (Å²) < 4.78 is 128.